The molecule has 0 saturated carbocycles. The van der Waals surface area contributed by atoms with E-state index in [0.717, 1.165) is 11.4 Å². The maximum absolute atomic E-state index is 3.69. The first-order valence-corrected chi connectivity index (χ1v) is 9.88. The molecular formula is C28H21N. The highest BCUT2D eigenvalue weighted by Gasteiger charge is 2.09. The zero-order valence-electron chi connectivity index (χ0n) is 16.0. The van der Waals surface area contributed by atoms with E-state index in [-0.39, 0.29) is 0 Å². The van der Waals surface area contributed by atoms with Crippen LogP contribution in [0.3, 0.4) is 0 Å². The van der Waals surface area contributed by atoms with Crippen molar-refractivity contribution in [2.45, 2.75) is 0 Å². The maximum atomic E-state index is 3.69. The van der Waals surface area contributed by atoms with Gasteiger partial charge in [0.2, 0.25) is 0 Å². The average molecular weight is 371 g/mol. The molecular weight excluding hydrogens is 350 g/mol. The Kier molecular flexibility index (Phi) is 4.56. The van der Waals surface area contributed by atoms with E-state index >= 15 is 0 Å². The molecule has 29 heavy (non-hydrogen) atoms. The molecule has 0 saturated heterocycles. The Labute approximate surface area is 171 Å². The lowest BCUT2D eigenvalue weighted by Crippen LogP contribution is -1.95. The quantitative estimate of drug-likeness (QED) is 0.338. The van der Waals surface area contributed by atoms with Gasteiger partial charge in [-0.15, -0.1) is 0 Å². The summed E-state index contributed by atoms with van der Waals surface area (Å²) in [5.41, 5.74) is 7.06. The summed E-state index contributed by atoms with van der Waals surface area (Å²) in [6.07, 6.45) is 0. The van der Waals surface area contributed by atoms with E-state index in [0.29, 0.717) is 0 Å². The Morgan fingerprint density at radius 1 is 0.414 bits per heavy atom. The first-order valence-electron chi connectivity index (χ1n) is 9.88. The average Bonchev–Trinajstić information content (AvgIpc) is 2.81. The molecule has 5 aromatic carbocycles. The molecule has 1 heteroatoms. The minimum absolute atomic E-state index is 1.10. The number of hydrogen-bond acceptors (Lipinski definition) is 1. The molecule has 5 aromatic rings. The molecule has 1 nitrogen and oxygen atoms in total. The predicted molar refractivity (Wildman–Crippen MR) is 125 cm³/mol. The number of nitrogens with one attached hydrogen (secondary N) is 1. The van der Waals surface area contributed by atoms with Crippen LogP contribution < -0.4 is 5.32 Å². The van der Waals surface area contributed by atoms with Crippen molar-refractivity contribution in [1.82, 2.24) is 0 Å². The normalized spacial score (nSPS) is 10.8. The van der Waals surface area contributed by atoms with Crippen molar-refractivity contribution in [3.8, 4) is 22.3 Å². The van der Waals surface area contributed by atoms with E-state index in [4.69, 9.17) is 0 Å². The topological polar surface area (TPSA) is 12.0 Å². The fraction of sp³-hybridized carbons (Fsp3) is 0. The molecule has 0 aliphatic heterocycles. The van der Waals surface area contributed by atoms with E-state index in [9.17, 15) is 0 Å². The molecule has 0 spiro atoms. The van der Waals surface area contributed by atoms with Crippen molar-refractivity contribution >= 4 is 22.1 Å². The maximum Gasteiger partial charge on any atom is 0.0464 e. The van der Waals surface area contributed by atoms with Crippen LogP contribution in [0.15, 0.2) is 121 Å². The van der Waals surface area contributed by atoms with Crippen LogP contribution in [0.25, 0.3) is 33.0 Å². The van der Waals surface area contributed by atoms with Gasteiger partial charge in [0.1, 0.15) is 0 Å². The smallest absolute Gasteiger partial charge is 0.0464 e. The van der Waals surface area contributed by atoms with Gasteiger partial charge in [-0.3, -0.25) is 0 Å². The molecule has 0 aliphatic rings. The number of anilines is 2. The van der Waals surface area contributed by atoms with Gasteiger partial charge in [-0.2, -0.15) is 0 Å². The summed E-state index contributed by atoms with van der Waals surface area (Å²) >= 11 is 0. The van der Waals surface area contributed by atoms with Crippen molar-refractivity contribution in [3.05, 3.63) is 121 Å². The van der Waals surface area contributed by atoms with E-state index in [1.807, 2.05) is 0 Å². The van der Waals surface area contributed by atoms with Crippen LogP contribution in [-0.4, -0.2) is 0 Å². The Morgan fingerprint density at radius 2 is 1.07 bits per heavy atom. The van der Waals surface area contributed by atoms with Gasteiger partial charge in [-0.05, 0) is 40.3 Å². The Balaban J connectivity index is 1.64. The second-order valence-electron chi connectivity index (χ2n) is 7.14. The van der Waals surface area contributed by atoms with E-state index < -0.39 is 0 Å². The van der Waals surface area contributed by atoms with Crippen LogP contribution in [0.1, 0.15) is 0 Å². The van der Waals surface area contributed by atoms with Crippen molar-refractivity contribution < 1.29 is 0 Å². The van der Waals surface area contributed by atoms with Crippen molar-refractivity contribution in [2.75, 3.05) is 5.32 Å². The highest BCUT2D eigenvalue weighted by Crippen LogP contribution is 2.36. The molecule has 0 fully saturated rings. The first kappa shape index (κ1) is 17.3. The second kappa shape index (κ2) is 7.65. The Bertz CT molecular complexity index is 1250. The van der Waals surface area contributed by atoms with Gasteiger partial charge in [0.05, 0.1) is 0 Å². The number of hydrogen-bond donors (Lipinski definition) is 1. The molecule has 5 rings (SSSR count). The van der Waals surface area contributed by atoms with Gasteiger partial charge < -0.3 is 5.32 Å². The van der Waals surface area contributed by atoms with Gasteiger partial charge in [0.15, 0.2) is 0 Å². The molecule has 1 N–H and O–H groups in total. The van der Waals surface area contributed by atoms with E-state index in [1.54, 1.807) is 0 Å². The zero-order valence-corrected chi connectivity index (χ0v) is 16.0. The lowest BCUT2D eigenvalue weighted by Gasteiger charge is -2.16. The summed E-state index contributed by atoms with van der Waals surface area (Å²) in [4.78, 5) is 0. The Hall–Kier alpha value is -3.84. The summed E-state index contributed by atoms with van der Waals surface area (Å²) in [5, 5.41) is 6.15. The van der Waals surface area contributed by atoms with Crippen LogP contribution in [0.5, 0.6) is 0 Å². The van der Waals surface area contributed by atoms with Crippen LogP contribution in [0.4, 0.5) is 11.4 Å². The fourth-order valence-corrected chi connectivity index (χ4v) is 3.80. The Morgan fingerprint density at radius 3 is 1.86 bits per heavy atom. The largest absolute Gasteiger partial charge is 0.355 e. The number of benzene rings is 5. The van der Waals surface area contributed by atoms with Gasteiger partial charge >= 0.3 is 0 Å². The summed E-state index contributed by atoms with van der Waals surface area (Å²) in [6.45, 7) is 0. The summed E-state index contributed by atoms with van der Waals surface area (Å²) in [6, 6.07) is 42.6. The standard InChI is InChI=1S/C28H21N/c1-3-10-21(11-4-1)24-18-19-28(26(20-24)23-12-5-2-6-13-23)29-27-17-9-15-22-14-7-8-16-25(22)27/h1-20,29H. The van der Waals surface area contributed by atoms with Crippen molar-refractivity contribution in [3.63, 3.8) is 0 Å². The number of rotatable bonds is 4. The molecule has 0 radical (unpaired) electrons. The minimum atomic E-state index is 1.10. The second-order valence-corrected chi connectivity index (χ2v) is 7.14. The molecule has 0 amide bonds. The van der Waals surface area contributed by atoms with Gasteiger partial charge in [-0.25, -0.2) is 0 Å². The van der Waals surface area contributed by atoms with Crippen LogP contribution in [0.2, 0.25) is 0 Å². The lowest BCUT2D eigenvalue weighted by atomic mass is 9.97. The molecule has 0 aromatic heterocycles. The van der Waals surface area contributed by atoms with Gasteiger partial charge in [0.25, 0.3) is 0 Å². The highest BCUT2D eigenvalue weighted by molar-refractivity contribution is 5.97. The third-order valence-electron chi connectivity index (χ3n) is 5.27. The summed E-state index contributed by atoms with van der Waals surface area (Å²) in [7, 11) is 0. The lowest BCUT2D eigenvalue weighted by molar-refractivity contribution is 1.54. The van der Waals surface area contributed by atoms with Crippen LogP contribution >= 0.6 is 0 Å². The number of fused-ring (bicyclic) bond motifs is 1. The van der Waals surface area contributed by atoms with Crippen molar-refractivity contribution in [1.29, 1.82) is 0 Å². The summed E-state index contributed by atoms with van der Waals surface area (Å²) < 4.78 is 0. The zero-order chi connectivity index (χ0) is 19.5. The van der Waals surface area contributed by atoms with E-state index in [2.05, 4.69) is 127 Å². The van der Waals surface area contributed by atoms with E-state index in [1.165, 1.54) is 33.0 Å². The first-order chi connectivity index (χ1) is 14.4. The van der Waals surface area contributed by atoms with Gasteiger partial charge in [-0.1, -0.05) is 103 Å². The third kappa shape index (κ3) is 3.51. The van der Waals surface area contributed by atoms with Gasteiger partial charge in [0, 0.05) is 22.3 Å². The highest BCUT2D eigenvalue weighted by atomic mass is 14.9. The SMILES string of the molecule is c1ccc(-c2ccc(Nc3cccc4ccccc34)c(-c3ccccc3)c2)cc1. The molecule has 138 valence electrons. The third-order valence-corrected chi connectivity index (χ3v) is 5.27. The van der Waals surface area contributed by atoms with Crippen LogP contribution in [0, 0.1) is 0 Å². The van der Waals surface area contributed by atoms with Crippen LogP contribution in [-0.2, 0) is 0 Å². The fourth-order valence-electron chi connectivity index (χ4n) is 3.80. The van der Waals surface area contributed by atoms with Crippen molar-refractivity contribution in [2.24, 2.45) is 0 Å². The molecule has 0 aliphatic carbocycles. The predicted octanol–water partition coefficient (Wildman–Crippen LogP) is 7.92. The molecule has 0 atom stereocenters. The molecule has 0 unspecified atom stereocenters. The molecule has 0 heterocycles. The monoisotopic (exact) mass is 371 g/mol. The summed E-state index contributed by atoms with van der Waals surface area (Å²) in [5.74, 6) is 0. The molecule has 0 bridgehead atoms. The minimum Gasteiger partial charge on any atom is -0.355 e.